The van der Waals surface area contributed by atoms with Crippen LogP contribution >= 0.6 is 11.6 Å². The van der Waals surface area contributed by atoms with E-state index in [1.807, 2.05) is 7.05 Å². The fraction of sp³-hybridized carbons (Fsp3) is 0.583. The Balaban J connectivity index is 2.21. The Morgan fingerprint density at radius 3 is 2.79 bits per heavy atom. The van der Waals surface area contributed by atoms with Crippen LogP contribution in [0.1, 0.15) is 12.8 Å². The van der Waals surface area contributed by atoms with Gasteiger partial charge >= 0.3 is 0 Å². The zero-order chi connectivity index (χ0) is 14.0. The monoisotopic (exact) mass is 303 g/mol. The molecule has 1 aromatic rings. The smallest absolute Gasteiger partial charge is 0.244 e. The molecule has 106 valence electrons. The van der Waals surface area contributed by atoms with E-state index in [1.54, 1.807) is 7.05 Å². The third kappa shape index (κ3) is 3.25. The lowest BCUT2D eigenvalue weighted by Gasteiger charge is -2.35. The molecule has 2 rings (SSSR count). The topological polar surface area (TPSA) is 53.5 Å². The maximum absolute atomic E-state index is 12.5. The van der Waals surface area contributed by atoms with Crippen molar-refractivity contribution < 1.29 is 8.42 Å². The molecule has 0 N–H and O–H groups in total. The lowest BCUT2D eigenvalue weighted by atomic mass is 10.1. The van der Waals surface area contributed by atoms with E-state index in [1.165, 1.54) is 22.6 Å². The van der Waals surface area contributed by atoms with Gasteiger partial charge in [0.05, 0.1) is 0 Å². The average molecular weight is 304 g/mol. The van der Waals surface area contributed by atoms with Crippen molar-refractivity contribution in [2.75, 3.05) is 27.2 Å². The highest BCUT2D eigenvalue weighted by Crippen LogP contribution is 2.21. The van der Waals surface area contributed by atoms with Gasteiger partial charge < -0.3 is 4.90 Å². The second-order valence-corrected chi connectivity index (χ2v) is 7.28. The standard InChI is InChI=1S/C12H18ClN3O2S/c1-15-7-3-4-10(9-15)16(2)19(17,18)11-5-6-12(13)14-8-11/h5-6,8,10H,3-4,7,9H2,1-2H3. The zero-order valence-electron chi connectivity index (χ0n) is 11.1. The number of piperidine rings is 1. The van der Waals surface area contributed by atoms with Crippen molar-refractivity contribution >= 4 is 21.6 Å². The van der Waals surface area contributed by atoms with Gasteiger partial charge in [0, 0.05) is 25.8 Å². The van der Waals surface area contributed by atoms with E-state index in [0.29, 0.717) is 5.15 Å². The third-order valence-electron chi connectivity index (χ3n) is 3.49. The number of aromatic nitrogens is 1. The molecule has 1 aromatic heterocycles. The summed E-state index contributed by atoms with van der Waals surface area (Å²) in [5, 5.41) is 0.291. The highest BCUT2D eigenvalue weighted by molar-refractivity contribution is 7.89. The number of hydrogen-bond acceptors (Lipinski definition) is 4. The van der Waals surface area contributed by atoms with Crippen LogP contribution in [-0.2, 0) is 10.0 Å². The van der Waals surface area contributed by atoms with Gasteiger partial charge in [-0.2, -0.15) is 4.31 Å². The second-order valence-electron chi connectivity index (χ2n) is 4.90. The summed E-state index contributed by atoms with van der Waals surface area (Å²) < 4.78 is 26.4. The number of hydrogen-bond donors (Lipinski definition) is 0. The zero-order valence-corrected chi connectivity index (χ0v) is 12.7. The summed E-state index contributed by atoms with van der Waals surface area (Å²) in [5.41, 5.74) is 0. The van der Waals surface area contributed by atoms with Crippen LogP contribution in [0.4, 0.5) is 0 Å². The quantitative estimate of drug-likeness (QED) is 0.793. The Hall–Kier alpha value is -0.690. The molecule has 1 unspecified atom stereocenters. The highest BCUT2D eigenvalue weighted by atomic mass is 35.5. The van der Waals surface area contributed by atoms with E-state index in [4.69, 9.17) is 11.6 Å². The van der Waals surface area contributed by atoms with Crippen LogP contribution in [0.25, 0.3) is 0 Å². The van der Waals surface area contributed by atoms with Gasteiger partial charge in [-0.3, -0.25) is 0 Å². The predicted molar refractivity (Wildman–Crippen MR) is 74.7 cm³/mol. The number of rotatable bonds is 3. The van der Waals surface area contributed by atoms with E-state index < -0.39 is 10.0 Å². The highest BCUT2D eigenvalue weighted by Gasteiger charge is 2.30. The lowest BCUT2D eigenvalue weighted by Crippen LogP contribution is -2.47. The van der Waals surface area contributed by atoms with E-state index in [-0.39, 0.29) is 10.9 Å². The summed E-state index contributed by atoms with van der Waals surface area (Å²) in [5.74, 6) is 0. The van der Waals surface area contributed by atoms with Crippen LogP contribution in [0.3, 0.4) is 0 Å². The predicted octanol–water partition coefficient (Wildman–Crippen LogP) is 1.45. The molecule has 0 spiro atoms. The Morgan fingerprint density at radius 2 is 2.21 bits per heavy atom. The van der Waals surface area contributed by atoms with Crippen molar-refractivity contribution in [3.05, 3.63) is 23.5 Å². The Labute approximate surface area is 119 Å². The van der Waals surface area contributed by atoms with Gasteiger partial charge in [0.25, 0.3) is 0 Å². The van der Waals surface area contributed by atoms with Crippen LogP contribution in [0.5, 0.6) is 0 Å². The van der Waals surface area contributed by atoms with Crippen molar-refractivity contribution in [2.24, 2.45) is 0 Å². The second kappa shape index (κ2) is 5.75. The molecule has 19 heavy (non-hydrogen) atoms. The molecular weight excluding hydrogens is 286 g/mol. The molecule has 1 saturated heterocycles. The first-order valence-electron chi connectivity index (χ1n) is 6.19. The number of likely N-dealkylation sites (N-methyl/N-ethyl adjacent to an activating group) is 2. The summed E-state index contributed by atoms with van der Waals surface area (Å²) in [4.78, 5) is 6.18. The summed E-state index contributed by atoms with van der Waals surface area (Å²) >= 11 is 5.68. The Morgan fingerprint density at radius 1 is 1.47 bits per heavy atom. The number of pyridine rings is 1. The first kappa shape index (κ1) is 14.7. The van der Waals surface area contributed by atoms with Crippen LogP contribution < -0.4 is 0 Å². The Kier molecular flexibility index (Phi) is 4.45. The van der Waals surface area contributed by atoms with Gasteiger partial charge in [-0.05, 0) is 38.6 Å². The normalized spacial score (nSPS) is 21.8. The van der Waals surface area contributed by atoms with Crippen molar-refractivity contribution in [2.45, 2.75) is 23.8 Å². The molecule has 0 radical (unpaired) electrons. The number of likely N-dealkylation sites (tertiary alicyclic amines) is 1. The van der Waals surface area contributed by atoms with Crippen LogP contribution in [-0.4, -0.2) is 55.8 Å². The summed E-state index contributed by atoms with van der Waals surface area (Å²) in [6.45, 7) is 1.78. The molecule has 7 heteroatoms. The number of halogens is 1. The molecule has 0 saturated carbocycles. The van der Waals surface area contributed by atoms with Gasteiger partial charge in [0.2, 0.25) is 10.0 Å². The molecule has 0 bridgehead atoms. The van der Waals surface area contributed by atoms with Crippen LogP contribution in [0, 0.1) is 0 Å². The Bertz CT molecular complexity index is 532. The van der Waals surface area contributed by atoms with Gasteiger partial charge in [-0.1, -0.05) is 11.6 Å². The average Bonchev–Trinajstić information content (AvgIpc) is 2.38. The van der Waals surface area contributed by atoms with Gasteiger partial charge in [-0.15, -0.1) is 0 Å². The van der Waals surface area contributed by atoms with Crippen LogP contribution in [0.15, 0.2) is 23.2 Å². The summed E-state index contributed by atoms with van der Waals surface area (Å²) in [6, 6.07) is 3.00. The summed E-state index contributed by atoms with van der Waals surface area (Å²) in [7, 11) is 0.150. The molecule has 2 heterocycles. The van der Waals surface area contributed by atoms with Crippen LogP contribution in [0.2, 0.25) is 5.15 Å². The van der Waals surface area contributed by atoms with Crippen molar-refractivity contribution in [3.63, 3.8) is 0 Å². The fourth-order valence-electron chi connectivity index (χ4n) is 2.31. The lowest BCUT2D eigenvalue weighted by molar-refractivity contribution is 0.187. The van der Waals surface area contributed by atoms with E-state index in [9.17, 15) is 8.42 Å². The minimum Gasteiger partial charge on any atom is -0.305 e. The molecule has 0 amide bonds. The van der Waals surface area contributed by atoms with Crippen molar-refractivity contribution in [1.82, 2.24) is 14.2 Å². The van der Waals surface area contributed by atoms with E-state index >= 15 is 0 Å². The SMILES string of the molecule is CN1CCCC(N(C)S(=O)(=O)c2ccc(Cl)nc2)C1. The van der Waals surface area contributed by atoms with Crippen molar-refractivity contribution in [3.8, 4) is 0 Å². The minimum atomic E-state index is -3.49. The molecular formula is C12H18ClN3O2S. The molecule has 0 aromatic carbocycles. The molecule has 1 atom stereocenters. The minimum absolute atomic E-state index is 0.0134. The fourth-order valence-corrected chi connectivity index (χ4v) is 3.75. The maximum atomic E-state index is 12.5. The molecule has 0 aliphatic carbocycles. The molecule has 5 nitrogen and oxygen atoms in total. The van der Waals surface area contributed by atoms with Crippen molar-refractivity contribution in [1.29, 1.82) is 0 Å². The first-order valence-corrected chi connectivity index (χ1v) is 8.01. The molecule has 1 aliphatic rings. The van der Waals surface area contributed by atoms with Gasteiger partial charge in [-0.25, -0.2) is 13.4 Å². The van der Waals surface area contributed by atoms with E-state index in [0.717, 1.165) is 25.9 Å². The van der Waals surface area contributed by atoms with E-state index in [2.05, 4.69) is 9.88 Å². The van der Waals surface area contributed by atoms with Gasteiger partial charge in [0.1, 0.15) is 10.0 Å². The number of sulfonamides is 1. The first-order chi connectivity index (χ1) is 8.91. The third-order valence-corrected chi connectivity index (χ3v) is 5.61. The van der Waals surface area contributed by atoms with Gasteiger partial charge in [0.15, 0.2) is 0 Å². The molecule has 1 fully saturated rings. The molecule has 1 aliphatic heterocycles. The number of nitrogens with zero attached hydrogens (tertiary/aromatic N) is 3. The summed E-state index contributed by atoms with van der Waals surface area (Å²) in [6.07, 6.45) is 3.21. The largest absolute Gasteiger partial charge is 0.305 e. The maximum Gasteiger partial charge on any atom is 0.244 e.